The lowest BCUT2D eigenvalue weighted by atomic mass is 9.99. The van der Waals surface area contributed by atoms with E-state index in [1.807, 2.05) is 0 Å². The number of pyridine rings is 1. The van der Waals surface area contributed by atoms with Crippen LogP contribution in [-0.2, 0) is 17.3 Å². The van der Waals surface area contributed by atoms with Crippen LogP contribution in [-0.4, -0.2) is 54.7 Å². The maximum absolute atomic E-state index is 13.7. The average molecular weight is 590 g/mol. The van der Waals surface area contributed by atoms with Crippen LogP contribution in [0.15, 0.2) is 34.2 Å². The maximum Gasteiger partial charge on any atom is 0.416 e. The number of aromatic nitrogens is 1. The number of nitrogens with two attached hydrogens (primary N) is 1. The van der Waals surface area contributed by atoms with Gasteiger partial charge in [0.25, 0.3) is 0 Å². The summed E-state index contributed by atoms with van der Waals surface area (Å²) < 4.78 is 46.0. The molecule has 0 radical (unpaired) electrons. The van der Waals surface area contributed by atoms with E-state index >= 15 is 0 Å². The van der Waals surface area contributed by atoms with E-state index in [0.29, 0.717) is 34.0 Å². The Labute approximate surface area is 231 Å². The summed E-state index contributed by atoms with van der Waals surface area (Å²) in [5, 5.41) is 3.39. The summed E-state index contributed by atoms with van der Waals surface area (Å²) in [6, 6.07) is 4.14. The molecule has 6 nitrogen and oxygen atoms in total. The molecule has 4 rings (SSSR count). The van der Waals surface area contributed by atoms with E-state index in [2.05, 4.69) is 15.2 Å². The minimum atomic E-state index is -4.46. The van der Waals surface area contributed by atoms with Crippen molar-refractivity contribution < 1.29 is 22.7 Å². The third kappa shape index (κ3) is 7.55. The molecular formula is C23H30Cl3F3N4O2S. The number of benzene rings is 1. The number of rotatable bonds is 6. The number of anilines is 1. The fourth-order valence-electron chi connectivity index (χ4n) is 4.22. The zero-order valence-electron chi connectivity index (χ0n) is 19.6. The Bertz CT molecular complexity index is 1040. The molecule has 0 unspecified atom stereocenters. The van der Waals surface area contributed by atoms with E-state index in [0.717, 1.165) is 43.7 Å². The summed E-state index contributed by atoms with van der Waals surface area (Å²) in [5.74, 6) is -0.494. The van der Waals surface area contributed by atoms with Crippen molar-refractivity contribution in [3.05, 3.63) is 46.8 Å². The number of piperidine rings is 1. The van der Waals surface area contributed by atoms with Crippen LogP contribution >= 0.6 is 49.0 Å². The van der Waals surface area contributed by atoms with Crippen molar-refractivity contribution in [1.82, 2.24) is 9.88 Å². The van der Waals surface area contributed by atoms with Crippen LogP contribution in [0.4, 0.5) is 18.9 Å². The minimum Gasteiger partial charge on any atom is -0.462 e. The van der Waals surface area contributed by atoms with E-state index in [1.165, 1.54) is 30.1 Å². The first-order chi connectivity index (χ1) is 15.8. The number of fused-ring (bicyclic) bond motifs is 2. The standard InChI is InChI=1S/C23H27F3N4O2S.3ClH/c1-2-32-22(31)14-9-21-19(28-13-14)12-17-18(10-15(23(24,25)26)11-20(17)33-21)29-16-3-6-30(7-4-16)8-5-27;;;/h9-11,13,16,29H,2-8,12,27H2,1H3;3*1H. The predicted octanol–water partition coefficient (Wildman–Crippen LogP) is 5.43. The summed E-state index contributed by atoms with van der Waals surface area (Å²) in [7, 11) is 0. The van der Waals surface area contributed by atoms with Gasteiger partial charge < -0.3 is 20.7 Å². The molecule has 1 aromatic carbocycles. The lowest BCUT2D eigenvalue weighted by Crippen LogP contribution is -2.41. The Morgan fingerprint density at radius 1 is 1.19 bits per heavy atom. The van der Waals surface area contributed by atoms with Crippen molar-refractivity contribution >= 4 is 60.6 Å². The first-order valence-corrected chi connectivity index (χ1v) is 11.9. The van der Waals surface area contributed by atoms with Crippen LogP contribution in [0, 0.1) is 0 Å². The molecule has 2 aliphatic rings. The molecule has 3 N–H and O–H groups in total. The summed E-state index contributed by atoms with van der Waals surface area (Å²) >= 11 is 1.21. The lowest BCUT2D eigenvalue weighted by molar-refractivity contribution is -0.137. The summed E-state index contributed by atoms with van der Waals surface area (Å²) in [5.41, 5.74) is 7.29. The minimum absolute atomic E-state index is 0. The summed E-state index contributed by atoms with van der Waals surface area (Å²) in [4.78, 5) is 20.0. The predicted molar refractivity (Wildman–Crippen MR) is 142 cm³/mol. The van der Waals surface area contributed by atoms with E-state index < -0.39 is 17.7 Å². The highest BCUT2D eigenvalue weighted by molar-refractivity contribution is 7.99. The Morgan fingerprint density at radius 3 is 2.50 bits per heavy atom. The molecule has 0 atom stereocenters. The van der Waals surface area contributed by atoms with Gasteiger partial charge in [0.1, 0.15) is 0 Å². The highest BCUT2D eigenvalue weighted by Crippen LogP contribution is 2.45. The number of carbonyl (C=O) groups excluding carboxylic acids is 1. The first kappa shape index (κ1) is 32.6. The molecule has 1 saturated heterocycles. The third-order valence-corrected chi connectivity index (χ3v) is 7.09. The molecule has 0 saturated carbocycles. The summed E-state index contributed by atoms with van der Waals surface area (Å²) in [6.45, 7) is 5.11. The lowest BCUT2D eigenvalue weighted by Gasteiger charge is -2.33. The number of hydrogen-bond donors (Lipinski definition) is 2. The van der Waals surface area contributed by atoms with Crippen molar-refractivity contribution in [3.8, 4) is 0 Å². The van der Waals surface area contributed by atoms with Gasteiger partial charge in [-0.05, 0) is 43.5 Å². The SMILES string of the molecule is CCOC(=O)c1cnc2c(c1)Sc1cc(C(F)(F)F)cc(NC3CCN(CCN)CC3)c1C2.Cl.Cl.Cl. The van der Waals surface area contributed by atoms with E-state index in [4.69, 9.17) is 10.5 Å². The first-order valence-electron chi connectivity index (χ1n) is 11.1. The quantitative estimate of drug-likeness (QED) is 0.371. The molecule has 0 spiro atoms. The van der Waals surface area contributed by atoms with Gasteiger partial charge in [0.05, 0.1) is 23.4 Å². The van der Waals surface area contributed by atoms with E-state index in [1.54, 1.807) is 13.0 Å². The van der Waals surface area contributed by atoms with Crippen molar-refractivity contribution in [2.45, 2.75) is 48.2 Å². The number of likely N-dealkylation sites (tertiary alicyclic amines) is 1. The number of ether oxygens (including phenoxy) is 1. The van der Waals surface area contributed by atoms with Gasteiger partial charge in [-0.25, -0.2) is 4.79 Å². The number of carbonyl (C=O) groups is 1. The normalized spacial score (nSPS) is 15.4. The Hall–Kier alpha value is -1.43. The number of alkyl halides is 3. The topological polar surface area (TPSA) is 80.5 Å². The van der Waals surface area contributed by atoms with Crippen molar-refractivity contribution in [3.63, 3.8) is 0 Å². The molecule has 2 aromatic rings. The van der Waals surface area contributed by atoms with Gasteiger partial charge in [-0.3, -0.25) is 4.98 Å². The fourth-order valence-corrected chi connectivity index (χ4v) is 5.38. The number of halogens is 6. The smallest absolute Gasteiger partial charge is 0.416 e. The average Bonchev–Trinajstić information content (AvgIpc) is 2.78. The van der Waals surface area contributed by atoms with Crippen LogP contribution in [0.5, 0.6) is 0 Å². The monoisotopic (exact) mass is 588 g/mol. The van der Waals surface area contributed by atoms with Crippen LogP contribution in [0.1, 0.15) is 46.9 Å². The molecule has 0 aliphatic carbocycles. The van der Waals surface area contributed by atoms with E-state index in [9.17, 15) is 18.0 Å². The van der Waals surface area contributed by atoms with Gasteiger partial charge in [0.2, 0.25) is 0 Å². The van der Waals surface area contributed by atoms with Gasteiger partial charge in [-0.2, -0.15) is 13.2 Å². The Morgan fingerprint density at radius 2 is 1.89 bits per heavy atom. The fraction of sp³-hybridized carbons (Fsp3) is 0.478. The molecule has 1 fully saturated rings. The molecule has 0 bridgehead atoms. The second-order valence-electron chi connectivity index (χ2n) is 8.22. The van der Waals surface area contributed by atoms with E-state index in [-0.39, 0.29) is 49.9 Å². The molecule has 13 heteroatoms. The molecule has 0 amide bonds. The third-order valence-electron chi connectivity index (χ3n) is 5.93. The van der Waals surface area contributed by atoms with Gasteiger partial charge >= 0.3 is 12.1 Å². The zero-order valence-corrected chi connectivity index (χ0v) is 22.9. The van der Waals surface area contributed by atoms with Crippen molar-refractivity contribution in [2.75, 3.05) is 38.1 Å². The van der Waals surface area contributed by atoms with Gasteiger partial charge in [-0.1, -0.05) is 11.8 Å². The molecule has 3 heterocycles. The second kappa shape index (κ2) is 13.9. The van der Waals surface area contributed by atoms with Crippen molar-refractivity contribution in [2.24, 2.45) is 5.73 Å². The number of nitrogens with zero attached hydrogens (tertiary/aromatic N) is 2. The molecular weight excluding hydrogens is 560 g/mol. The highest BCUT2D eigenvalue weighted by atomic mass is 35.5. The second-order valence-corrected chi connectivity index (χ2v) is 9.30. The molecule has 36 heavy (non-hydrogen) atoms. The highest BCUT2D eigenvalue weighted by Gasteiger charge is 2.34. The van der Waals surface area contributed by atoms with Gasteiger partial charge in [0, 0.05) is 60.3 Å². The van der Waals surface area contributed by atoms with Gasteiger partial charge in [0.15, 0.2) is 0 Å². The van der Waals surface area contributed by atoms with Crippen LogP contribution in [0.25, 0.3) is 0 Å². The van der Waals surface area contributed by atoms with Crippen LogP contribution in [0.3, 0.4) is 0 Å². The maximum atomic E-state index is 13.7. The zero-order chi connectivity index (χ0) is 23.6. The Kier molecular flexibility index (Phi) is 12.6. The molecule has 2 aliphatic heterocycles. The van der Waals surface area contributed by atoms with Gasteiger partial charge in [-0.15, -0.1) is 37.2 Å². The molecule has 1 aromatic heterocycles. The number of nitrogens with one attached hydrogen (secondary N) is 1. The Balaban J connectivity index is 0.00000216. The number of esters is 1. The summed E-state index contributed by atoms with van der Waals surface area (Å²) in [6.07, 6.45) is -0.909. The van der Waals surface area contributed by atoms with Crippen molar-refractivity contribution in [1.29, 1.82) is 0 Å². The largest absolute Gasteiger partial charge is 0.462 e. The van der Waals surface area contributed by atoms with Crippen LogP contribution in [0.2, 0.25) is 0 Å². The van der Waals surface area contributed by atoms with Crippen LogP contribution < -0.4 is 11.1 Å². The number of hydrogen-bond acceptors (Lipinski definition) is 7. The molecule has 202 valence electrons.